The Labute approximate surface area is 118 Å². The summed E-state index contributed by atoms with van der Waals surface area (Å²) >= 11 is 1.66. The van der Waals surface area contributed by atoms with E-state index in [4.69, 9.17) is 0 Å². The molecule has 1 N–H and O–H groups in total. The van der Waals surface area contributed by atoms with E-state index in [-0.39, 0.29) is 0 Å². The summed E-state index contributed by atoms with van der Waals surface area (Å²) in [5, 5.41) is 14.0. The lowest BCUT2D eigenvalue weighted by Gasteiger charge is -2.01. The largest absolute Gasteiger partial charge is 0.316 e. The van der Waals surface area contributed by atoms with E-state index in [2.05, 4.69) is 33.5 Å². The second-order valence-electron chi connectivity index (χ2n) is 4.59. The molecule has 0 aliphatic heterocycles. The summed E-state index contributed by atoms with van der Waals surface area (Å²) in [4.78, 5) is 4.47. The number of pyridine rings is 1. The van der Waals surface area contributed by atoms with Crippen LogP contribution in [-0.4, -0.2) is 28.3 Å². The first-order valence-corrected chi connectivity index (χ1v) is 7.50. The van der Waals surface area contributed by atoms with Gasteiger partial charge in [0, 0.05) is 29.9 Å². The van der Waals surface area contributed by atoms with Crippen LogP contribution in [0.5, 0.6) is 0 Å². The van der Waals surface area contributed by atoms with E-state index in [1.807, 2.05) is 19.9 Å². The molecule has 4 nitrogen and oxygen atoms in total. The van der Waals surface area contributed by atoms with Gasteiger partial charge in [0.15, 0.2) is 0 Å². The Balaban J connectivity index is 2.04. The van der Waals surface area contributed by atoms with E-state index in [9.17, 15) is 0 Å². The topological polar surface area (TPSA) is 50.7 Å². The van der Waals surface area contributed by atoms with Gasteiger partial charge in [-0.3, -0.25) is 4.98 Å². The van der Waals surface area contributed by atoms with Crippen molar-refractivity contribution in [2.75, 3.05) is 13.1 Å². The summed E-state index contributed by atoms with van der Waals surface area (Å²) in [5.41, 5.74) is 3.15. The molecule has 2 aromatic heterocycles. The molecule has 0 amide bonds. The number of hydrogen-bond acceptors (Lipinski definition) is 5. The van der Waals surface area contributed by atoms with Crippen molar-refractivity contribution in [1.82, 2.24) is 20.5 Å². The summed E-state index contributed by atoms with van der Waals surface area (Å²) < 4.78 is 0. The normalized spacial score (nSPS) is 10.9. The molecule has 0 aromatic carbocycles. The van der Waals surface area contributed by atoms with Crippen molar-refractivity contribution >= 4 is 11.3 Å². The molecule has 2 aromatic rings. The monoisotopic (exact) mass is 276 g/mol. The smallest absolute Gasteiger partial charge is 0.149 e. The number of rotatable bonds is 6. The number of aryl methyl sites for hydroxylation is 2. The predicted octanol–water partition coefficient (Wildman–Crippen LogP) is 2.76. The van der Waals surface area contributed by atoms with Crippen molar-refractivity contribution in [3.8, 4) is 10.6 Å². The Morgan fingerprint density at radius 3 is 2.74 bits per heavy atom. The van der Waals surface area contributed by atoms with Crippen molar-refractivity contribution in [1.29, 1.82) is 0 Å². The van der Waals surface area contributed by atoms with Gasteiger partial charge in [0.1, 0.15) is 10.0 Å². The van der Waals surface area contributed by atoms with E-state index < -0.39 is 0 Å². The summed E-state index contributed by atoms with van der Waals surface area (Å²) in [7, 11) is 0. The Morgan fingerprint density at radius 2 is 2.00 bits per heavy atom. The third-order valence-corrected chi connectivity index (χ3v) is 3.88. The fourth-order valence-corrected chi connectivity index (χ4v) is 2.79. The lowest BCUT2D eigenvalue weighted by molar-refractivity contribution is 0.668. The van der Waals surface area contributed by atoms with Crippen LogP contribution < -0.4 is 5.32 Å². The van der Waals surface area contributed by atoms with Crippen molar-refractivity contribution in [3.63, 3.8) is 0 Å². The van der Waals surface area contributed by atoms with Crippen LogP contribution in [0.4, 0.5) is 0 Å². The van der Waals surface area contributed by atoms with E-state index in [1.54, 1.807) is 11.3 Å². The zero-order chi connectivity index (χ0) is 13.7. The van der Waals surface area contributed by atoms with Crippen molar-refractivity contribution in [3.05, 3.63) is 28.5 Å². The van der Waals surface area contributed by atoms with Crippen LogP contribution in [0.1, 0.15) is 29.7 Å². The molecular formula is C14H20N4S. The van der Waals surface area contributed by atoms with Gasteiger partial charge in [0.05, 0.1) is 0 Å². The van der Waals surface area contributed by atoms with Gasteiger partial charge < -0.3 is 5.32 Å². The molecule has 0 aliphatic rings. The maximum Gasteiger partial charge on any atom is 0.149 e. The van der Waals surface area contributed by atoms with E-state index in [0.717, 1.165) is 52.9 Å². The van der Waals surface area contributed by atoms with Crippen LogP contribution in [-0.2, 0) is 6.42 Å². The number of hydrogen-bond donors (Lipinski definition) is 1. The molecule has 2 heterocycles. The Bertz CT molecular complexity index is 536. The fourth-order valence-electron chi connectivity index (χ4n) is 1.87. The maximum atomic E-state index is 4.47. The van der Waals surface area contributed by atoms with Crippen LogP contribution in [0.2, 0.25) is 0 Å². The number of nitrogens with one attached hydrogen (secondary N) is 1. The lowest BCUT2D eigenvalue weighted by Crippen LogP contribution is -2.17. The van der Waals surface area contributed by atoms with Crippen molar-refractivity contribution in [2.45, 2.75) is 33.6 Å². The number of aromatic nitrogens is 3. The van der Waals surface area contributed by atoms with Gasteiger partial charge in [0.25, 0.3) is 0 Å². The fraction of sp³-hybridized carbons (Fsp3) is 0.500. The van der Waals surface area contributed by atoms with Gasteiger partial charge in [-0.25, -0.2) is 0 Å². The average molecular weight is 276 g/mol. The van der Waals surface area contributed by atoms with E-state index in [1.165, 1.54) is 0 Å². The van der Waals surface area contributed by atoms with Crippen LogP contribution >= 0.6 is 11.3 Å². The predicted molar refractivity (Wildman–Crippen MR) is 79.5 cm³/mol. The van der Waals surface area contributed by atoms with Gasteiger partial charge in [-0.15, -0.1) is 10.2 Å². The summed E-state index contributed by atoms with van der Waals surface area (Å²) in [5.74, 6) is 0. The molecule has 0 radical (unpaired) electrons. The molecule has 0 saturated heterocycles. The van der Waals surface area contributed by atoms with Gasteiger partial charge >= 0.3 is 0 Å². The minimum Gasteiger partial charge on any atom is -0.316 e. The molecule has 0 aliphatic carbocycles. The van der Waals surface area contributed by atoms with Gasteiger partial charge in [-0.05, 0) is 38.9 Å². The highest BCUT2D eigenvalue weighted by molar-refractivity contribution is 7.14. The van der Waals surface area contributed by atoms with E-state index in [0.29, 0.717) is 0 Å². The molecule has 0 bridgehead atoms. The molecule has 2 rings (SSSR count). The van der Waals surface area contributed by atoms with Gasteiger partial charge in [-0.1, -0.05) is 18.3 Å². The first-order chi connectivity index (χ1) is 9.20. The zero-order valence-electron chi connectivity index (χ0n) is 11.7. The van der Waals surface area contributed by atoms with Crippen molar-refractivity contribution < 1.29 is 0 Å². The average Bonchev–Trinajstić information content (AvgIpc) is 2.83. The Morgan fingerprint density at radius 1 is 1.16 bits per heavy atom. The minimum atomic E-state index is 0.940. The van der Waals surface area contributed by atoms with Crippen LogP contribution in [0, 0.1) is 13.8 Å². The molecule has 0 saturated carbocycles. The van der Waals surface area contributed by atoms with Gasteiger partial charge in [-0.2, -0.15) is 0 Å². The Kier molecular flexibility index (Phi) is 4.99. The molecule has 102 valence electrons. The zero-order valence-corrected chi connectivity index (χ0v) is 12.5. The third-order valence-electron chi connectivity index (χ3n) is 2.86. The first kappa shape index (κ1) is 14.1. The highest BCUT2D eigenvalue weighted by Crippen LogP contribution is 2.25. The molecule has 0 fully saturated rings. The quantitative estimate of drug-likeness (QED) is 0.824. The molecule has 0 atom stereocenters. The maximum absolute atomic E-state index is 4.47. The van der Waals surface area contributed by atoms with E-state index >= 15 is 0 Å². The summed E-state index contributed by atoms with van der Waals surface area (Å²) in [6.07, 6.45) is 2.10. The molecule has 5 heteroatoms. The highest BCUT2D eigenvalue weighted by Gasteiger charge is 2.09. The number of nitrogens with zero attached hydrogens (tertiary/aromatic N) is 3. The van der Waals surface area contributed by atoms with Gasteiger partial charge in [0.2, 0.25) is 0 Å². The van der Waals surface area contributed by atoms with Crippen LogP contribution in [0.25, 0.3) is 10.6 Å². The molecular weight excluding hydrogens is 256 g/mol. The third kappa shape index (κ3) is 3.81. The standard InChI is InChI=1S/C14H20N4S/c1-4-8-15-9-7-13-17-18-14(19-13)12-6-5-10(2)16-11(12)3/h5-6,15H,4,7-9H2,1-3H3. The summed E-state index contributed by atoms with van der Waals surface area (Å²) in [6.45, 7) is 8.22. The summed E-state index contributed by atoms with van der Waals surface area (Å²) in [6, 6.07) is 4.10. The molecule has 0 unspecified atom stereocenters. The Hall–Kier alpha value is -1.33. The first-order valence-electron chi connectivity index (χ1n) is 6.68. The molecule has 19 heavy (non-hydrogen) atoms. The second kappa shape index (κ2) is 6.73. The minimum absolute atomic E-state index is 0.940. The van der Waals surface area contributed by atoms with Crippen LogP contribution in [0.15, 0.2) is 12.1 Å². The van der Waals surface area contributed by atoms with Crippen LogP contribution in [0.3, 0.4) is 0 Å². The second-order valence-corrected chi connectivity index (χ2v) is 5.65. The highest BCUT2D eigenvalue weighted by atomic mass is 32.1. The molecule has 0 spiro atoms. The SMILES string of the molecule is CCCNCCc1nnc(-c2ccc(C)nc2C)s1. The lowest BCUT2D eigenvalue weighted by atomic mass is 10.2. The van der Waals surface area contributed by atoms with Crippen molar-refractivity contribution in [2.24, 2.45) is 0 Å².